The van der Waals surface area contributed by atoms with E-state index in [2.05, 4.69) is 67.0 Å². The van der Waals surface area contributed by atoms with Crippen LogP contribution in [-0.4, -0.2) is 66.7 Å². The maximum Gasteiger partial charge on any atom is 0.247 e. The summed E-state index contributed by atoms with van der Waals surface area (Å²) in [6, 6.07) is 16.5. The van der Waals surface area contributed by atoms with Gasteiger partial charge in [0.05, 0.1) is 41.4 Å². The zero-order valence-electron chi connectivity index (χ0n) is 25.0. The van der Waals surface area contributed by atoms with Crippen LogP contribution in [0, 0.1) is 16.7 Å². The van der Waals surface area contributed by atoms with Crippen LogP contribution in [0.15, 0.2) is 67.5 Å². The molecule has 0 saturated heterocycles. The minimum Gasteiger partial charge on any atom is -0.494 e. The quantitative estimate of drug-likeness (QED) is 0.229. The number of nitriles is 1. The number of para-hydroxylation sites is 1. The van der Waals surface area contributed by atoms with Crippen molar-refractivity contribution in [1.82, 2.24) is 19.4 Å². The molecule has 2 aromatic heterocycles. The number of fused-ring (bicyclic) bond motifs is 1. The lowest BCUT2D eigenvalue weighted by Crippen LogP contribution is -2.66. The largest absolute Gasteiger partial charge is 0.494 e. The minimum absolute atomic E-state index is 0.0167. The molecule has 3 aliphatic carbocycles. The molecular formula is C33H36N8O2. The van der Waals surface area contributed by atoms with E-state index in [-0.39, 0.29) is 16.9 Å². The van der Waals surface area contributed by atoms with E-state index in [0.717, 1.165) is 60.2 Å². The standard InChI is InChI=1S/C33H36N8O2/c1-6-30(42)36-25-15-26(29(43-5)16-28(25)40(4)14-13-39(2)3)38-31-35-12-11-24(37-31)23-17-41(27-10-8-7-9-22(23)27)33-18-32(19-33,20-33)21-34/h6-12,15-17H,1,13-14,18-20H2,2-5H3,(H,36,42)(H,35,37,38). The molecule has 3 fully saturated rings. The maximum absolute atomic E-state index is 12.3. The van der Waals surface area contributed by atoms with Crippen molar-refractivity contribution in [2.24, 2.45) is 5.41 Å². The molecule has 1 amide bonds. The fraction of sp³-hybridized carbons (Fsp3) is 0.333. The van der Waals surface area contributed by atoms with Gasteiger partial charge >= 0.3 is 0 Å². The molecule has 10 nitrogen and oxygen atoms in total. The van der Waals surface area contributed by atoms with Crippen molar-refractivity contribution in [3.05, 3.63) is 67.5 Å². The summed E-state index contributed by atoms with van der Waals surface area (Å²) in [7, 11) is 7.63. The topological polar surface area (TPSA) is 111 Å². The van der Waals surface area contributed by atoms with Gasteiger partial charge in [0.15, 0.2) is 0 Å². The molecule has 10 heteroatoms. The molecule has 0 radical (unpaired) electrons. The van der Waals surface area contributed by atoms with Gasteiger partial charge < -0.3 is 29.7 Å². The third kappa shape index (κ3) is 4.96. The van der Waals surface area contributed by atoms with Crippen molar-refractivity contribution in [2.45, 2.75) is 24.8 Å². The summed E-state index contributed by atoms with van der Waals surface area (Å²) in [4.78, 5) is 25.9. The molecule has 0 aliphatic heterocycles. The Morgan fingerprint density at radius 2 is 1.93 bits per heavy atom. The Morgan fingerprint density at radius 3 is 2.63 bits per heavy atom. The smallest absolute Gasteiger partial charge is 0.247 e. The molecule has 2 heterocycles. The van der Waals surface area contributed by atoms with E-state index in [4.69, 9.17) is 9.72 Å². The van der Waals surface area contributed by atoms with Crippen LogP contribution in [0.3, 0.4) is 0 Å². The number of anilines is 4. The van der Waals surface area contributed by atoms with E-state index in [1.807, 2.05) is 45.4 Å². The van der Waals surface area contributed by atoms with E-state index in [0.29, 0.717) is 23.1 Å². The molecule has 0 spiro atoms. The lowest BCUT2D eigenvalue weighted by Gasteiger charge is -2.67. The minimum atomic E-state index is -0.308. The van der Waals surface area contributed by atoms with Crippen molar-refractivity contribution in [3.63, 3.8) is 0 Å². The van der Waals surface area contributed by atoms with Gasteiger partial charge in [0, 0.05) is 60.6 Å². The molecule has 2 bridgehead atoms. The number of carbonyl (C=O) groups excluding carboxylic acids is 1. The maximum atomic E-state index is 12.3. The number of rotatable bonds is 11. The van der Waals surface area contributed by atoms with Crippen LogP contribution in [0.2, 0.25) is 0 Å². The Balaban J connectivity index is 1.34. The first-order chi connectivity index (χ1) is 20.7. The Bertz CT molecular complexity index is 1750. The predicted molar refractivity (Wildman–Crippen MR) is 170 cm³/mol. The van der Waals surface area contributed by atoms with Crippen molar-refractivity contribution in [2.75, 3.05) is 56.9 Å². The number of aromatic nitrogens is 3. The van der Waals surface area contributed by atoms with Crippen LogP contribution >= 0.6 is 0 Å². The molecule has 2 aromatic carbocycles. The SMILES string of the molecule is C=CC(=O)Nc1cc(Nc2nccc(-c3cn(C45CC(C#N)(C4)C5)c4ccccc34)n2)c(OC)cc1N(C)CCN(C)C. The van der Waals surface area contributed by atoms with Crippen molar-refractivity contribution in [1.29, 1.82) is 5.26 Å². The number of hydrogen-bond donors (Lipinski definition) is 2. The molecule has 0 atom stereocenters. The average molecular weight is 577 g/mol. The van der Waals surface area contributed by atoms with E-state index in [1.165, 1.54) is 6.08 Å². The number of hydrogen-bond acceptors (Lipinski definition) is 8. The molecular weight excluding hydrogens is 540 g/mol. The Morgan fingerprint density at radius 1 is 1.16 bits per heavy atom. The normalized spacial score (nSPS) is 20.1. The van der Waals surface area contributed by atoms with Gasteiger partial charge in [-0.2, -0.15) is 5.26 Å². The number of amides is 1. The number of methoxy groups -OCH3 is 1. The van der Waals surface area contributed by atoms with E-state index in [1.54, 1.807) is 13.3 Å². The molecule has 3 aliphatic rings. The second-order valence-corrected chi connectivity index (χ2v) is 12.0. The monoisotopic (exact) mass is 576 g/mol. The Kier molecular flexibility index (Phi) is 7.06. The summed E-state index contributed by atoms with van der Waals surface area (Å²) in [5.41, 5.74) is 4.86. The van der Waals surface area contributed by atoms with Crippen LogP contribution < -0.4 is 20.3 Å². The van der Waals surface area contributed by atoms with Crippen LogP contribution in [0.1, 0.15) is 19.3 Å². The van der Waals surface area contributed by atoms with E-state index in [9.17, 15) is 10.1 Å². The lowest BCUT2D eigenvalue weighted by molar-refractivity contribution is -0.143. The lowest BCUT2D eigenvalue weighted by atomic mass is 9.40. The van der Waals surface area contributed by atoms with Gasteiger partial charge in [0.1, 0.15) is 5.75 Å². The fourth-order valence-electron chi connectivity index (χ4n) is 6.48. The molecule has 2 N–H and O–H groups in total. The first-order valence-corrected chi connectivity index (χ1v) is 14.3. The second kappa shape index (κ2) is 10.7. The van der Waals surface area contributed by atoms with Gasteiger partial charge in [-0.15, -0.1) is 0 Å². The average Bonchev–Trinajstić information content (AvgIpc) is 3.34. The van der Waals surface area contributed by atoms with Gasteiger partial charge in [0.25, 0.3) is 0 Å². The van der Waals surface area contributed by atoms with Gasteiger partial charge in [-0.1, -0.05) is 24.8 Å². The highest BCUT2D eigenvalue weighted by Gasteiger charge is 2.69. The Hall–Kier alpha value is -4.88. The fourth-order valence-corrected chi connectivity index (χ4v) is 6.48. The summed E-state index contributed by atoms with van der Waals surface area (Å²) in [6.07, 6.45) is 7.86. The van der Waals surface area contributed by atoms with Crippen molar-refractivity contribution < 1.29 is 9.53 Å². The molecule has 7 rings (SSSR count). The Labute approximate surface area is 251 Å². The van der Waals surface area contributed by atoms with Gasteiger partial charge in [0.2, 0.25) is 11.9 Å². The first-order valence-electron chi connectivity index (χ1n) is 14.3. The zero-order valence-corrected chi connectivity index (χ0v) is 25.0. The van der Waals surface area contributed by atoms with Crippen LogP contribution in [0.5, 0.6) is 5.75 Å². The number of benzene rings is 2. The summed E-state index contributed by atoms with van der Waals surface area (Å²) in [6.45, 7) is 5.19. The molecule has 220 valence electrons. The number of likely N-dealkylation sites (N-methyl/N-ethyl adjacent to an activating group) is 2. The van der Waals surface area contributed by atoms with E-state index < -0.39 is 0 Å². The first kappa shape index (κ1) is 28.2. The molecule has 3 saturated carbocycles. The third-order valence-corrected chi connectivity index (χ3v) is 8.70. The summed E-state index contributed by atoms with van der Waals surface area (Å²) in [5, 5.41) is 16.9. The predicted octanol–water partition coefficient (Wildman–Crippen LogP) is 5.38. The van der Waals surface area contributed by atoms with Crippen LogP contribution in [-0.2, 0) is 10.3 Å². The van der Waals surface area contributed by atoms with Crippen molar-refractivity contribution >= 4 is 39.8 Å². The summed E-state index contributed by atoms with van der Waals surface area (Å²) < 4.78 is 8.12. The van der Waals surface area contributed by atoms with E-state index >= 15 is 0 Å². The number of ether oxygens (including phenoxy) is 1. The van der Waals surface area contributed by atoms with Gasteiger partial charge in [-0.25, -0.2) is 9.97 Å². The highest BCUT2D eigenvalue weighted by molar-refractivity contribution is 6.02. The molecule has 0 unspecified atom stereocenters. The number of carbonyl (C=O) groups is 1. The van der Waals surface area contributed by atoms with Gasteiger partial charge in [-0.3, -0.25) is 4.79 Å². The highest BCUT2D eigenvalue weighted by atomic mass is 16.5. The molecule has 43 heavy (non-hydrogen) atoms. The van der Waals surface area contributed by atoms with Crippen LogP contribution in [0.4, 0.5) is 23.0 Å². The summed E-state index contributed by atoms with van der Waals surface area (Å²) >= 11 is 0. The van der Waals surface area contributed by atoms with Crippen LogP contribution in [0.25, 0.3) is 22.2 Å². The second-order valence-electron chi connectivity index (χ2n) is 12.0. The van der Waals surface area contributed by atoms with Crippen molar-refractivity contribution in [3.8, 4) is 23.1 Å². The van der Waals surface area contributed by atoms with Gasteiger partial charge in [-0.05, 0) is 57.6 Å². The zero-order chi connectivity index (χ0) is 30.4. The summed E-state index contributed by atoms with van der Waals surface area (Å²) in [5.74, 6) is 0.678. The number of nitrogens with zero attached hydrogens (tertiary/aromatic N) is 6. The molecule has 4 aromatic rings. The highest BCUT2D eigenvalue weighted by Crippen LogP contribution is 2.71. The third-order valence-electron chi connectivity index (χ3n) is 8.70. The number of nitrogens with one attached hydrogen (secondary N) is 2.